The van der Waals surface area contributed by atoms with Crippen molar-refractivity contribution < 1.29 is 9.47 Å². The van der Waals surface area contributed by atoms with E-state index in [9.17, 15) is 0 Å². The van der Waals surface area contributed by atoms with Gasteiger partial charge in [0, 0.05) is 14.2 Å². The van der Waals surface area contributed by atoms with Crippen LogP contribution in [-0.4, -0.2) is 20.5 Å². The molecule has 0 aromatic heterocycles. The second-order valence-corrected chi connectivity index (χ2v) is 5.92. The van der Waals surface area contributed by atoms with Gasteiger partial charge in [-0.25, -0.2) is 0 Å². The average molecular weight is 311 g/mol. The van der Waals surface area contributed by atoms with Gasteiger partial charge in [0.05, 0.1) is 0 Å². The maximum Gasteiger partial charge on any atom is 0.156 e. The van der Waals surface area contributed by atoms with Crippen LogP contribution in [0.2, 0.25) is 0 Å². The highest BCUT2D eigenvalue weighted by atomic mass is 16.7. The van der Waals surface area contributed by atoms with Gasteiger partial charge in [0.1, 0.15) is 0 Å². The van der Waals surface area contributed by atoms with Gasteiger partial charge in [-0.15, -0.1) is 0 Å². The van der Waals surface area contributed by atoms with E-state index in [-0.39, 0.29) is 6.29 Å². The van der Waals surface area contributed by atoms with Crippen molar-refractivity contribution in [1.82, 2.24) is 0 Å². The van der Waals surface area contributed by atoms with Crippen molar-refractivity contribution in [3.63, 3.8) is 0 Å². The quantitative estimate of drug-likeness (QED) is 0.186. The largest absolute Gasteiger partial charge is 0.356 e. The zero-order valence-electron chi connectivity index (χ0n) is 15.2. The monoisotopic (exact) mass is 310 g/mol. The Morgan fingerprint density at radius 2 is 1.23 bits per heavy atom. The van der Waals surface area contributed by atoms with E-state index in [0.29, 0.717) is 0 Å². The lowest BCUT2D eigenvalue weighted by molar-refractivity contribution is -0.107. The van der Waals surface area contributed by atoms with Crippen LogP contribution in [0, 0.1) is 0 Å². The summed E-state index contributed by atoms with van der Waals surface area (Å²) in [6.45, 7) is 2.25. The Morgan fingerprint density at radius 3 is 1.82 bits per heavy atom. The number of methoxy groups -OCH3 is 2. The number of allylic oxidation sites excluding steroid dienone is 4. The Hall–Kier alpha value is -0.600. The smallest absolute Gasteiger partial charge is 0.156 e. The fraction of sp³-hybridized carbons (Fsp3) is 0.800. The maximum atomic E-state index is 5.18. The van der Waals surface area contributed by atoms with Crippen molar-refractivity contribution in [2.24, 2.45) is 0 Å². The molecule has 0 atom stereocenters. The number of unbranched alkanes of at least 4 members (excludes halogenated alkanes) is 8. The standard InChI is InChI=1S/C20H38O2/c1-4-5-6-7-8-9-10-11-12-13-14-15-16-17-18-19-20(21-2)22-3/h8-9,11-12,20H,4-7,10,13-19H2,1-3H3. The first kappa shape index (κ1) is 21.4. The molecule has 0 aliphatic carbocycles. The van der Waals surface area contributed by atoms with Gasteiger partial charge in [-0.3, -0.25) is 0 Å². The molecule has 0 unspecified atom stereocenters. The fourth-order valence-corrected chi connectivity index (χ4v) is 2.45. The van der Waals surface area contributed by atoms with E-state index in [1.807, 2.05) is 0 Å². The SMILES string of the molecule is CCCCCC=CCC=CCCCCCCCC(OC)OC. The molecule has 0 saturated carbocycles. The molecule has 0 bridgehead atoms. The topological polar surface area (TPSA) is 18.5 Å². The van der Waals surface area contributed by atoms with Crippen molar-refractivity contribution in [3.8, 4) is 0 Å². The van der Waals surface area contributed by atoms with Crippen molar-refractivity contribution in [2.45, 2.75) is 90.3 Å². The molecule has 2 heteroatoms. The molecule has 0 amide bonds. The predicted molar refractivity (Wildman–Crippen MR) is 97.2 cm³/mol. The highest BCUT2D eigenvalue weighted by molar-refractivity contribution is 4.92. The van der Waals surface area contributed by atoms with Gasteiger partial charge in [0.2, 0.25) is 0 Å². The van der Waals surface area contributed by atoms with Crippen LogP contribution in [0.3, 0.4) is 0 Å². The molecular weight excluding hydrogens is 272 g/mol. The van der Waals surface area contributed by atoms with Gasteiger partial charge in [-0.2, -0.15) is 0 Å². The van der Waals surface area contributed by atoms with Crippen LogP contribution in [-0.2, 0) is 9.47 Å². The molecule has 0 heterocycles. The third-order valence-corrected chi connectivity index (χ3v) is 3.92. The Bertz CT molecular complexity index is 254. The summed E-state index contributed by atoms with van der Waals surface area (Å²) in [7, 11) is 3.42. The molecule has 0 aliphatic rings. The van der Waals surface area contributed by atoms with Crippen molar-refractivity contribution >= 4 is 0 Å². The van der Waals surface area contributed by atoms with Gasteiger partial charge < -0.3 is 9.47 Å². The zero-order valence-corrected chi connectivity index (χ0v) is 15.2. The minimum Gasteiger partial charge on any atom is -0.356 e. The predicted octanol–water partition coefficient (Wildman–Crippen LogP) is 6.42. The van der Waals surface area contributed by atoms with Crippen LogP contribution < -0.4 is 0 Å². The fourth-order valence-electron chi connectivity index (χ4n) is 2.45. The molecule has 0 radical (unpaired) electrons. The number of hydrogen-bond donors (Lipinski definition) is 0. The third kappa shape index (κ3) is 15.8. The van der Waals surface area contributed by atoms with Crippen molar-refractivity contribution in [1.29, 1.82) is 0 Å². The summed E-state index contributed by atoms with van der Waals surface area (Å²) in [6.07, 6.45) is 24.3. The van der Waals surface area contributed by atoms with Crippen LogP contribution in [0.25, 0.3) is 0 Å². The van der Waals surface area contributed by atoms with Crippen LogP contribution in [0.1, 0.15) is 84.0 Å². The number of hydrogen-bond acceptors (Lipinski definition) is 2. The molecular formula is C20H38O2. The highest BCUT2D eigenvalue weighted by Crippen LogP contribution is 2.10. The van der Waals surface area contributed by atoms with Gasteiger partial charge in [-0.1, -0.05) is 63.3 Å². The second-order valence-electron chi connectivity index (χ2n) is 5.92. The first-order valence-corrected chi connectivity index (χ1v) is 9.20. The van der Waals surface area contributed by atoms with Crippen molar-refractivity contribution in [3.05, 3.63) is 24.3 Å². The molecule has 0 fully saturated rings. The minimum atomic E-state index is -0.0158. The molecule has 0 saturated heterocycles. The average Bonchev–Trinajstić information content (AvgIpc) is 2.55. The summed E-state index contributed by atoms with van der Waals surface area (Å²) >= 11 is 0. The Labute approximate surface area is 139 Å². The normalized spacial score (nSPS) is 12.2. The molecule has 0 rings (SSSR count). The molecule has 0 aliphatic heterocycles. The summed E-state index contributed by atoms with van der Waals surface area (Å²) in [4.78, 5) is 0. The Balaban J connectivity index is 3.23. The van der Waals surface area contributed by atoms with Crippen LogP contribution in [0.5, 0.6) is 0 Å². The molecule has 0 aromatic carbocycles. The van der Waals surface area contributed by atoms with E-state index in [2.05, 4.69) is 31.2 Å². The molecule has 2 nitrogen and oxygen atoms in total. The molecule has 0 aromatic rings. The maximum absolute atomic E-state index is 5.18. The van der Waals surface area contributed by atoms with Gasteiger partial charge in [-0.05, 0) is 44.9 Å². The molecule has 0 spiro atoms. The second kappa shape index (κ2) is 18.4. The van der Waals surface area contributed by atoms with E-state index >= 15 is 0 Å². The van der Waals surface area contributed by atoms with E-state index in [4.69, 9.17) is 9.47 Å². The number of rotatable bonds is 16. The zero-order chi connectivity index (χ0) is 16.3. The minimum absolute atomic E-state index is 0.0158. The lowest BCUT2D eigenvalue weighted by atomic mass is 10.1. The Kier molecular flexibility index (Phi) is 17.9. The first-order chi connectivity index (χ1) is 10.8. The molecule has 22 heavy (non-hydrogen) atoms. The number of ether oxygens (including phenoxy) is 2. The summed E-state index contributed by atoms with van der Waals surface area (Å²) in [6, 6.07) is 0. The van der Waals surface area contributed by atoms with Crippen LogP contribution in [0.15, 0.2) is 24.3 Å². The lowest BCUT2D eigenvalue weighted by Gasteiger charge is -2.12. The summed E-state index contributed by atoms with van der Waals surface area (Å²) in [5, 5.41) is 0. The van der Waals surface area contributed by atoms with E-state index < -0.39 is 0 Å². The van der Waals surface area contributed by atoms with Gasteiger partial charge in [0.15, 0.2) is 6.29 Å². The third-order valence-electron chi connectivity index (χ3n) is 3.92. The van der Waals surface area contributed by atoms with Gasteiger partial charge >= 0.3 is 0 Å². The van der Waals surface area contributed by atoms with Gasteiger partial charge in [0.25, 0.3) is 0 Å². The van der Waals surface area contributed by atoms with Crippen molar-refractivity contribution in [2.75, 3.05) is 14.2 Å². The Morgan fingerprint density at radius 1 is 0.682 bits per heavy atom. The van der Waals surface area contributed by atoms with Crippen LogP contribution >= 0.6 is 0 Å². The summed E-state index contributed by atoms with van der Waals surface area (Å²) in [5.41, 5.74) is 0. The summed E-state index contributed by atoms with van der Waals surface area (Å²) < 4.78 is 10.4. The molecule has 0 N–H and O–H groups in total. The van der Waals surface area contributed by atoms with E-state index in [1.54, 1.807) is 14.2 Å². The lowest BCUT2D eigenvalue weighted by Crippen LogP contribution is -2.12. The first-order valence-electron chi connectivity index (χ1n) is 9.20. The summed E-state index contributed by atoms with van der Waals surface area (Å²) in [5.74, 6) is 0. The van der Waals surface area contributed by atoms with Crippen LogP contribution in [0.4, 0.5) is 0 Å². The molecule has 130 valence electrons. The highest BCUT2D eigenvalue weighted by Gasteiger charge is 2.03. The van der Waals surface area contributed by atoms with E-state index in [1.165, 1.54) is 64.2 Å². The van der Waals surface area contributed by atoms with E-state index in [0.717, 1.165) is 12.8 Å².